The molecule has 0 bridgehead atoms. The minimum atomic E-state index is -0.309. The number of fused-ring (bicyclic) bond motifs is 1. The maximum atomic E-state index is 13.8. The van der Waals surface area contributed by atoms with Crippen LogP contribution in [-0.2, 0) is 4.79 Å². The van der Waals surface area contributed by atoms with Crippen molar-refractivity contribution in [2.75, 3.05) is 6.54 Å². The smallest absolute Gasteiger partial charge is 0.266 e. The molecule has 5 nitrogen and oxygen atoms in total. The Morgan fingerprint density at radius 1 is 1.12 bits per heavy atom. The quantitative estimate of drug-likeness (QED) is 0.476. The first kappa shape index (κ1) is 23.2. The zero-order valence-electron chi connectivity index (χ0n) is 20.3. The van der Waals surface area contributed by atoms with Crippen LogP contribution in [0.15, 0.2) is 47.3 Å². The lowest BCUT2D eigenvalue weighted by Gasteiger charge is -2.34. The van der Waals surface area contributed by atoms with Gasteiger partial charge in [0.15, 0.2) is 0 Å². The third kappa shape index (κ3) is 4.59. The second-order valence-electron chi connectivity index (χ2n) is 9.46. The SMILES string of the molecule is CCCN(C(=O)C1CCCCC1)C(C)c1nc2ccccc2c(=O)n1-c1cc(C)ccc1C. The molecule has 1 aliphatic rings. The molecule has 3 aromatic rings. The fraction of sp³-hybridized carbons (Fsp3) is 0.464. The van der Waals surface area contributed by atoms with Gasteiger partial charge in [-0.25, -0.2) is 4.98 Å². The highest BCUT2D eigenvalue weighted by molar-refractivity contribution is 5.80. The van der Waals surface area contributed by atoms with Gasteiger partial charge in [-0.15, -0.1) is 0 Å². The number of hydrogen-bond acceptors (Lipinski definition) is 3. The lowest BCUT2D eigenvalue weighted by Crippen LogP contribution is -2.41. The Morgan fingerprint density at radius 3 is 2.58 bits per heavy atom. The van der Waals surface area contributed by atoms with E-state index in [1.165, 1.54) is 6.42 Å². The molecule has 174 valence electrons. The number of nitrogens with zero attached hydrogens (tertiary/aromatic N) is 3. The topological polar surface area (TPSA) is 55.2 Å². The monoisotopic (exact) mass is 445 g/mol. The molecule has 0 N–H and O–H groups in total. The number of benzene rings is 2. The largest absolute Gasteiger partial charge is 0.333 e. The second kappa shape index (κ2) is 9.90. The van der Waals surface area contributed by atoms with Crippen LogP contribution in [0.3, 0.4) is 0 Å². The maximum absolute atomic E-state index is 13.8. The van der Waals surface area contributed by atoms with E-state index in [1.54, 1.807) is 4.57 Å². The van der Waals surface area contributed by atoms with Crippen molar-refractivity contribution in [3.8, 4) is 5.69 Å². The molecular formula is C28H35N3O2. The van der Waals surface area contributed by atoms with E-state index in [9.17, 15) is 9.59 Å². The van der Waals surface area contributed by atoms with E-state index in [-0.39, 0.29) is 23.4 Å². The van der Waals surface area contributed by atoms with Crippen LogP contribution in [0.4, 0.5) is 0 Å². The van der Waals surface area contributed by atoms with Crippen molar-refractivity contribution in [2.45, 2.75) is 72.3 Å². The van der Waals surface area contributed by atoms with Crippen LogP contribution in [0.25, 0.3) is 16.6 Å². The van der Waals surface area contributed by atoms with Gasteiger partial charge in [-0.3, -0.25) is 14.2 Å². The highest BCUT2D eigenvalue weighted by Crippen LogP contribution is 2.30. The molecule has 1 fully saturated rings. The Labute approximate surface area is 196 Å². The third-order valence-electron chi connectivity index (χ3n) is 6.95. The van der Waals surface area contributed by atoms with Crippen molar-refractivity contribution in [3.05, 3.63) is 69.8 Å². The predicted molar refractivity (Wildman–Crippen MR) is 134 cm³/mol. The van der Waals surface area contributed by atoms with Gasteiger partial charge in [-0.2, -0.15) is 0 Å². The van der Waals surface area contributed by atoms with Crippen LogP contribution in [0.5, 0.6) is 0 Å². The van der Waals surface area contributed by atoms with E-state index >= 15 is 0 Å². The Bertz CT molecular complexity index is 1210. The zero-order valence-corrected chi connectivity index (χ0v) is 20.3. The first-order chi connectivity index (χ1) is 15.9. The average Bonchev–Trinajstić information content (AvgIpc) is 2.84. The van der Waals surface area contributed by atoms with Crippen LogP contribution in [-0.4, -0.2) is 26.9 Å². The van der Waals surface area contributed by atoms with Gasteiger partial charge in [-0.05, 0) is 69.4 Å². The fourth-order valence-electron chi connectivity index (χ4n) is 5.08. The molecule has 1 amide bonds. The van der Waals surface area contributed by atoms with Crippen LogP contribution in [0.1, 0.15) is 75.4 Å². The van der Waals surface area contributed by atoms with Gasteiger partial charge in [-0.1, -0.05) is 50.5 Å². The highest BCUT2D eigenvalue weighted by Gasteiger charge is 2.31. The molecule has 1 saturated carbocycles. The molecule has 1 aliphatic carbocycles. The highest BCUT2D eigenvalue weighted by atomic mass is 16.2. The minimum absolute atomic E-state index is 0.0779. The Kier molecular flexibility index (Phi) is 6.96. The average molecular weight is 446 g/mol. The molecule has 33 heavy (non-hydrogen) atoms. The van der Waals surface area contributed by atoms with Crippen molar-refractivity contribution in [1.29, 1.82) is 0 Å². The summed E-state index contributed by atoms with van der Waals surface area (Å²) in [5.74, 6) is 0.915. The maximum Gasteiger partial charge on any atom is 0.266 e. The first-order valence-corrected chi connectivity index (χ1v) is 12.3. The van der Waals surface area contributed by atoms with Gasteiger partial charge in [0.2, 0.25) is 5.91 Å². The zero-order chi connectivity index (χ0) is 23.5. The van der Waals surface area contributed by atoms with Gasteiger partial charge >= 0.3 is 0 Å². The fourth-order valence-corrected chi connectivity index (χ4v) is 5.08. The van der Waals surface area contributed by atoms with Crippen LogP contribution >= 0.6 is 0 Å². The molecule has 5 heteroatoms. The van der Waals surface area contributed by atoms with E-state index in [2.05, 4.69) is 13.0 Å². The summed E-state index contributed by atoms with van der Waals surface area (Å²) in [6.45, 7) is 8.82. The minimum Gasteiger partial charge on any atom is -0.333 e. The summed E-state index contributed by atoms with van der Waals surface area (Å²) in [6, 6.07) is 13.3. The predicted octanol–water partition coefficient (Wildman–Crippen LogP) is 5.88. The summed E-state index contributed by atoms with van der Waals surface area (Å²) in [7, 11) is 0. The molecule has 4 rings (SSSR count). The molecule has 0 radical (unpaired) electrons. The number of amides is 1. The van der Waals surface area contributed by atoms with Gasteiger partial charge in [0.1, 0.15) is 5.82 Å². The lowest BCUT2D eigenvalue weighted by molar-refractivity contribution is -0.139. The van der Waals surface area contributed by atoms with Crippen LogP contribution in [0, 0.1) is 19.8 Å². The molecular weight excluding hydrogens is 410 g/mol. The molecule has 1 aromatic heterocycles. The standard InChI is InChI=1S/C28H35N3O2/c1-5-17-30(27(32)22-11-7-6-8-12-22)21(4)26-29-24-14-10-9-13-23(24)28(33)31(26)25-18-19(2)15-16-20(25)3/h9-10,13-16,18,21-22H,5-8,11-12,17H2,1-4H3. The van der Waals surface area contributed by atoms with Crippen LogP contribution < -0.4 is 5.56 Å². The number of carbonyl (C=O) groups is 1. The van der Waals surface area contributed by atoms with Crippen molar-refractivity contribution >= 4 is 16.8 Å². The number of para-hydroxylation sites is 1. The number of aryl methyl sites for hydroxylation is 2. The molecule has 1 unspecified atom stereocenters. The normalized spacial score (nSPS) is 15.5. The van der Waals surface area contributed by atoms with E-state index in [0.717, 1.165) is 48.9 Å². The lowest BCUT2D eigenvalue weighted by atomic mass is 9.88. The van der Waals surface area contributed by atoms with E-state index in [0.29, 0.717) is 23.3 Å². The Balaban J connectivity index is 1.90. The number of aromatic nitrogens is 2. The van der Waals surface area contributed by atoms with Crippen LogP contribution in [0.2, 0.25) is 0 Å². The van der Waals surface area contributed by atoms with Gasteiger partial charge in [0.25, 0.3) is 5.56 Å². The van der Waals surface area contributed by atoms with Crippen molar-refractivity contribution in [3.63, 3.8) is 0 Å². The summed E-state index contributed by atoms with van der Waals surface area (Å²) in [5, 5.41) is 0.593. The molecule has 0 aliphatic heterocycles. The number of carbonyl (C=O) groups excluding carboxylic acids is 1. The molecule has 0 spiro atoms. The summed E-state index contributed by atoms with van der Waals surface area (Å²) < 4.78 is 1.74. The molecule has 1 atom stereocenters. The van der Waals surface area contributed by atoms with E-state index in [4.69, 9.17) is 4.98 Å². The first-order valence-electron chi connectivity index (χ1n) is 12.3. The summed E-state index contributed by atoms with van der Waals surface area (Å²) in [5.41, 5.74) is 3.51. The van der Waals surface area contributed by atoms with Crippen molar-refractivity contribution in [2.24, 2.45) is 5.92 Å². The summed E-state index contributed by atoms with van der Waals surface area (Å²) in [6.07, 6.45) is 6.23. The molecule has 2 aromatic carbocycles. The summed E-state index contributed by atoms with van der Waals surface area (Å²) >= 11 is 0. The molecule has 1 heterocycles. The van der Waals surface area contributed by atoms with E-state index in [1.807, 2.05) is 62.1 Å². The van der Waals surface area contributed by atoms with Crippen molar-refractivity contribution in [1.82, 2.24) is 14.5 Å². The number of rotatable bonds is 6. The second-order valence-corrected chi connectivity index (χ2v) is 9.46. The van der Waals surface area contributed by atoms with E-state index < -0.39 is 0 Å². The number of hydrogen-bond donors (Lipinski definition) is 0. The molecule has 0 saturated heterocycles. The van der Waals surface area contributed by atoms with Gasteiger partial charge < -0.3 is 4.90 Å². The summed E-state index contributed by atoms with van der Waals surface area (Å²) in [4.78, 5) is 34.4. The van der Waals surface area contributed by atoms with Crippen molar-refractivity contribution < 1.29 is 4.79 Å². The Hall–Kier alpha value is -2.95. The van der Waals surface area contributed by atoms with Gasteiger partial charge in [0, 0.05) is 12.5 Å². The Morgan fingerprint density at radius 2 is 1.85 bits per heavy atom. The third-order valence-corrected chi connectivity index (χ3v) is 6.95. The van der Waals surface area contributed by atoms with Gasteiger partial charge in [0.05, 0.1) is 22.6 Å².